The van der Waals surface area contributed by atoms with E-state index in [0.717, 1.165) is 54.7 Å². The third-order valence-electron chi connectivity index (χ3n) is 6.82. The average Bonchev–Trinajstić information content (AvgIpc) is 3.40. The van der Waals surface area contributed by atoms with Crippen molar-refractivity contribution in [1.29, 1.82) is 0 Å². The first-order valence-electron chi connectivity index (χ1n) is 10.5. The molecule has 5 heteroatoms. The summed E-state index contributed by atoms with van der Waals surface area (Å²) in [6.45, 7) is 5.89. The molecule has 0 spiro atoms. The van der Waals surface area contributed by atoms with E-state index in [4.69, 9.17) is 4.74 Å². The first-order valence-corrected chi connectivity index (χ1v) is 11.4. The molecule has 1 aliphatic carbocycles. The maximum Gasteiger partial charge on any atom is 0.0938 e. The second kappa shape index (κ2) is 7.98. The van der Waals surface area contributed by atoms with Gasteiger partial charge in [0.1, 0.15) is 0 Å². The van der Waals surface area contributed by atoms with Crippen molar-refractivity contribution in [3.05, 3.63) is 34.7 Å². The van der Waals surface area contributed by atoms with Crippen molar-refractivity contribution in [3.8, 4) is 11.3 Å². The third-order valence-corrected chi connectivity index (χ3v) is 7.50. The molecule has 0 aromatic carbocycles. The molecule has 3 aliphatic rings. The van der Waals surface area contributed by atoms with Gasteiger partial charge in [-0.3, -0.25) is 0 Å². The quantitative estimate of drug-likeness (QED) is 0.778. The van der Waals surface area contributed by atoms with E-state index in [9.17, 15) is 0 Å². The van der Waals surface area contributed by atoms with Crippen LogP contribution in [0, 0.1) is 23.7 Å². The molecule has 144 valence electrons. The Morgan fingerprint density at radius 2 is 1.81 bits per heavy atom. The zero-order valence-corrected chi connectivity index (χ0v) is 16.7. The predicted octanol–water partition coefficient (Wildman–Crippen LogP) is 4.13. The Balaban J connectivity index is 1.12. The smallest absolute Gasteiger partial charge is 0.0938 e. The molecule has 4 heterocycles. The summed E-state index contributed by atoms with van der Waals surface area (Å²) in [4.78, 5) is 2.75. The van der Waals surface area contributed by atoms with E-state index in [1.807, 2.05) is 0 Å². The minimum absolute atomic E-state index is 0.798. The number of hydrogen-bond donors (Lipinski definition) is 0. The number of nitrogens with zero attached hydrogens (tertiary/aromatic N) is 3. The van der Waals surface area contributed by atoms with E-state index in [0.29, 0.717) is 0 Å². The SMILES string of the molecule is c1cc(-c2ccc(CC3C[C@@H]4CN(CC5CCOCC5)C[C@@H]4C3)nn2)cs1. The van der Waals surface area contributed by atoms with Gasteiger partial charge in [-0.05, 0) is 79.4 Å². The molecule has 2 aromatic rings. The number of likely N-dealkylation sites (tertiary alicyclic amines) is 1. The number of rotatable bonds is 5. The zero-order valence-electron chi connectivity index (χ0n) is 15.9. The van der Waals surface area contributed by atoms with Gasteiger partial charge < -0.3 is 9.64 Å². The maximum absolute atomic E-state index is 5.51. The predicted molar refractivity (Wildman–Crippen MR) is 109 cm³/mol. The van der Waals surface area contributed by atoms with Gasteiger partial charge in [-0.2, -0.15) is 21.5 Å². The first-order chi connectivity index (χ1) is 13.3. The Labute approximate surface area is 166 Å². The molecule has 2 aromatic heterocycles. The largest absolute Gasteiger partial charge is 0.381 e. The van der Waals surface area contributed by atoms with Gasteiger partial charge in [0.05, 0.1) is 11.4 Å². The lowest BCUT2D eigenvalue weighted by atomic mass is 9.98. The van der Waals surface area contributed by atoms with Crippen molar-refractivity contribution in [3.63, 3.8) is 0 Å². The summed E-state index contributed by atoms with van der Waals surface area (Å²) < 4.78 is 5.51. The summed E-state index contributed by atoms with van der Waals surface area (Å²) in [6, 6.07) is 6.43. The Kier molecular flexibility index (Phi) is 5.25. The monoisotopic (exact) mass is 383 g/mol. The van der Waals surface area contributed by atoms with E-state index < -0.39 is 0 Å². The van der Waals surface area contributed by atoms with Crippen molar-refractivity contribution in [2.45, 2.75) is 32.1 Å². The Morgan fingerprint density at radius 3 is 2.48 bits per heavy atom. The molecule has 1 saturated carbocycles. The summed E-state index contributed by atoms with van der Waals surface area (Å²) in [5.41, 5.74) is 3.34. The minimum Gasteiger partial charge on any atom is -0.381 e. The van der Waals surface area contributed by atoms with E-state index in [1.54, 1.807) is 11.3 Å². The van der Waals surface area contributed by atoms with Crippen LogP contribution >= 0.6 is 11.3 Å². The highest BCUT2D eigenvalue weighted by molar-refractivity contribution is 7.08. The van der Waals surface area contributed by atoms with Crippen LogP contribution in [0.15, 0.2) is 29.0 Å². The van der Waals surface area contributed by atoms with Crippen LogP contribution in [0.3, 0.4) is 0 Å². The van der Waals surface area contributed by atoms with Crippen LogP contribution < -0.4 is 0 Å². The molecular formula is C22H29N3OS. The van der Waals surface area contributed by atoms with Gasteiger partial charge in [0.15, 0.2) is 0 Å². The van der Waals surface area contributed by atoms with E-state index in [-0.39, 0.29) is 0 Å². The lowest BCUT2D eigenvalue weighted by molar-refractivity contribution is 0.0544. The normalized spacial score (nSPS) is 29.3. The number of thiophene rings is 1. The second-order valence-corrected chi connectivity index (χ2v) is 9.54. The molecule has 5 rings (SSSR count). The van der Waals surface area contributed by atoms with Crippen molar-refractivity contribution in [2.24, 2.45) is 23.7 Å². The third kappa shape index (κ3) is 4.10. The van der Waals surface area contributed by atoms with Crippen LogP contribution in [0.2, 0.25) is 0 Å². The number of aromatic nitrogens is 2. The van der Waals surface area contributed by atoms with Gasteiger partial charge in [0.2, 0.25) is 0 Å². The van der Waals surface area contributed by atoms with Crippen LogP contribution in [0.1, 0.15) is 31.4 Å². The molecule has 3 atom stereocenters. The van der Waals surface area contributed by atoms with Gasteiger partial charge in [-0.1, -0.05) is 0 Å². The van der Waals surface area contributed by atoms with Crippen LogP contribution in [0.5, 0.6) is 0 Å². The fourth-order valence-corrected chi connectivity index (χ4v) is 6.11. The Morgan fingerprint density at radius 1 is 1.00 bits per heavy atom. The molecule has 0 bridgehead atoms. The van der Waals surface area contributed by atoms with Gasteiger partial charge in [0, 0.05) is 43.8 Å². The molecule has 0 radical (unpaired) electrons. The number of fused-ring (bicyclic) bond motifs is 1. The zero-order chi connectivity index (χ0) is 18.1. The molecule has 2 saturated heterocycles. The molecule has 27 heavy (non-hydrogen) atoms. The van der Waals surface area contributed by atoms with Gasteiger partial charge in [-0.15, -0.1) is 0 Å². The Hall–Kier alpha value is -1.30. The summed E-state index contributed by atoms with van der Waals surface area (Å²) in [7, 11) is 0. The van der Waals surface area contributed by atoms with Gasteiger partial charge in [0.25, 0.3) is 0 Å². The number of ether oxygens (including phenoxy) is 1. The first kappa shape index (κ1) is 17.8. The lowest BCUT2D eigenvalue weighted by Gasteiger charge is -2.27. The topological polar surface area (TPSA) is 38.2 Å². The molecule has 2 aliphatic heterocycles. The number of hydrogen-bond acceptors (Lipinski definition) is 5. The summed E-state index contributed by atoms with van der Waals surface area (Å²) in [5, 5.41) is 13.2. The molecule has 4 nitrogen and oxygen atoms in total. The molecule has 0 amide bonds. The highest BCUT2D eigenvalue weighted by Gasteiger charge is 2.41. The van der Waals surface area contributed by atoms with Crippen LogP contribution in [-0.2, 0) is 11.2 Å². The van der Waals surface area contributed by atoms with E-state index in [2.05, 4.69) is 44.1 Å². The standard InChI is InChI=1S/C22H29N3OS/c1-2-22(18-5-8-27-15-18)24-23-21(1)11-17-9-19-13-25(14-20(19)10-17)12-16-3-6-26-7-4-16/h1-2,5,8,15-17,19-20H,3-4,6-7,9-14H2/t17?,19-,20+. The van der Waals surface area contributed by atoms with Crippen molar-refractivity contribution in [2.75, 3.05) is 32.8 Å². The molecular weight excluding hydrogens is 354 g/mol. The fourth-order valence-electron chi connectivity index (χ4n) is 5.46. The highest BCUT2D eigenvalue weighted by Crippen LogP contribution is 2.43. The fraction of sp³-hybridized carbons (Fsp3) is 0.636. The van der Waals surface area contributed by atoms with Gasteiger partial charge >= 0.3 is 0 Å². The van der Waals surface area contributed by atoms with Crippen LogP contribution in [0.25, 0.3) is 11.3 Å². The van der Waals surface area contributed by atoms with Crippen LogP contribution in [0.4, 0.5) is 0 Å². The summed E-state index contributed by atoms with van der Waals surface area (Å²) in [5.74, 6) is 3.48. The minimum atomic E-state index is 0.798. The van der Waals surface area contributed by atoms with E-state index >= 15 is 0 Å². The van der Waals surface area contributed by atoms with Crippen molar-refractivity contribution < 1.29 is 4.74 Å². The summed E-state index contributed by atoms with van der Waals surface area (Å²) >= 11 is 1.71. The molecule has 1 unspecified atom stereocenters. The van der Waals surface area contributed by atoms with Crippen molar-refractivity contribution >= 4 is 11.3 Å². The maximum atomic E-state index is 5.51. The van der Waals surface area contributed by atoms with Gasteiger partial charge in [-0.25, -0.2) is 0 Å². The highest BCUT2D eigenvalue weighted by atomic mass is 32.1. The lowest BCUT2D eigenvalue weighted by Crippen LogP contribution is -2.31. The molecule has 3 fully saturated rings. The summed E-state index contributed by atoms with van der Waals surface area (Å²) in [6.07, 6.45) is 6.37. The average molecular weight is 384 g/mol. The van der Waals surface area contributed by atoms with E-state index in [1.165, 1.54) is 50.9 Å². The Bertz CT molecular complexity index is 713. The van der Waals surface area contributed by atoms with Crippen LogP contribution in [-0.4, -0.2) is 47.9 Å². The second-order valence-electron chi connectivity index (χ2n) is 8.76. The molecule has 0 N–H and O–H groups in total. The van der Waals surface area contributed by atoms with Crippen molar-refractivity contribution in [1.82, 2.24) is 15.1 Å².